The molecule has 0 saturated carbocycles. The van der Waals surface area contributed by atoms with E-state index < -0.39 is 12.0 Å². The first-order chi connectivity index (χ1) is 8.68. The van der Waals surface area contributed by atoms with Gasteiger partial charge in [0.05, 0.1) is 5.97 Å². The Labute approximate surface area is 161 Å². The number of hydrogen-bond acceptors (Lipinski definition) is 3. The average Bonchev–Trinajstić information content (AvgIpc) is 2.35. The Morgan fingerprint density at radius 2 is 1.37 bits per heavy atom. The molecule has 0 aliphatic heterocycles. The normalized spacial score (nSPS) is 11.9. The van der Waals surface area contributed by atoms with Crippen LogP contribution in [0.25, 0.3) is 0 Å². The van der Waals surface area contributed by atoms with E-state index in [-0.39, 0.29) is 51.4 Å². The Hall–Kier alpha value is 1.07. The number of aliphatic carboxylic acids is 1. The van der Waals surface area contributed by atoms with Crippen LogP contribution in [0.5, 0.6) is 0 Å². The first kappa shape index (κ1) is 22.3. The molecular weight excluding hydrogens is 265 g/mol. The fourth-order valence-electron chi connectivity index (χ4n) is 2.01. The summed E-state index contributed by atoms with van der Waals surface area (Å²) in [4.78, 5) is 10.4. The standard InChI is InChI=1S/C15H31NO2.K/c1-3-4-5-6-7-8-9-10-11-12-13-16-14(2)15(17)18;/h14,16H,3-13H2,1-2H3,(H,17,18);/q;+1/p-1. The molecule has 0 aliphatic rings. The van der Waals surface area contributed by atoms with Gasteiger partial charge in [0, 0.05) is 6.04 Å². The average molecular weight is 296 g/mol. The maximum absolute atomic E-state index is 10.4. The minimum Gasteiger partial charge on any atom is -0.548 e. The molecule has 0 aromatic rings. The molecule has 4 heteroatoms. The van der Waals surface area contributed by atoms with Crippen LogP contribution in [0.4, 0.5) is 0 Å². The van der Waals surface area contributed by atoms with Crippen LogP contribution in [0.15, 0.2) is 0 Å². The van der Waals surface area contributed by atoms with Crippen LogP contribution in [0.3, 0.4) is 0 Å². The summed E-state index contributed by atoms with van der Waals surface area (Å²) in [5, 5.41) is 13.4. The third kappa shape index (κ3) is 17.0. The molecular formula is C15H30KNO2. The SMILES string of the molecule is CCCCCCCCCCCCNC(C)C(=O)[O-].[K+]. The van der Waals surface area contributed by atoms with Crippen molar-refractivity contribution in [2.75, 3.05) is 6.54 Å². The zero-order valence-electron chi connectivity index (χ0n) is 13.2. The van der Waals surface area contributed by atoms with Crippen molar-refractivity contribution in [1.29, 1.82) is 0 Å². The number of rotatable bonds is 13. The van der Waals surface area contributed by atoms with Crippen LogP contribution in [-0.2, 0) is 4.79 Å². The molecule has 0 fully saturated rings. The zero-order chi connectivity index (χ0) is 13.6. The Morgan fingerprint density at radius 3 is 1.79 bits per heavy atom. The molecule has 1 N–H and O–H groups in total. The van der Waals surface area contributed by atoms with Gasteiger partial charge in [0.1, 0.15) is 0 Å². The van der Waals surface area contributed by atoms with Gasteiger partial charge in [-0.15, -0.1) is 0 Å². The van der Waals surface area contributed by atoms with Crippen LogP contribution in [0.1, 0.15) is 78.1 Å². The number of carboxylic acids is 1. The van der Waals surface area contributed by atoms with Gasteiger partial charge in [0.2, 0.25) is 0 Å². The maximum Gasteiger partial charge on any atom is 1.00 e. The summed E-state index contributed by atoms with van der Waals surface area (Å²) in [5.41, 5.74) is 0. The molecule has 0 aliphatic carbocycles. The first-order valence-electron chi connectivity index (χ1n) is 7.62. The van der Waals surface area contributed by atoms with Crippen LogP contribution >= 0.6 is 0 Å². The predicted molar refractivity (Wildman–Crippen MR) is 74.3 cm³/mol. The minimum atomic E-state index is -1.01. The molecule has 1 unspecified atom stereocenters. The molecule has 0 heterocycles. The van der Waals surface area contributed by atoms with Crippen LogP contribution < -0.4 is 61.8 Å². The van der Waals surface area contributed by atoms with Crippen molar-refractivity contribution >= 4 is 5.97 Å². The number of carbonyl (C=O) groups is 1. The molecule has 0 aromatic carbocycles. The second-order valence-corrected chi connectivity index (χ2v) is 5.18. The van der Waals surface area contributed by atoms with Gasteiger partial charge in [-0.2, -0.15) is 0 Å². The summed E-state index contributed by atoms with van der Waals surface area (Å²) in [6.07, 6.45) is 13.1. The van der Waals surface area contributed by atoms with E-state index in [2.05, 4.69) is 12.2 Å². The second-order valence-electron chi connectivity index (χ2n) is 5.18. The van der Waals surface area contributed by atoms with Crippen molar-refractivity contribution in [1.82, 2.24) is 5.32 Å². The summed E-state index contributed by atoms with van der Waals surface area (Å²) in [6, 6.07) is -0.524. The topological polar surface area (TPSA) is 52.2 Å². The van der Waals surface area contributed by atoms with E-state index in [0.717, 1.165) is 13.0 Å². The van der Waals surface area contributed by atoms with E-state index in [0.29, 0.717) is 0 Å². The van der Waals surface area contributed by atoms with E-state index in [1.165, 1.54) is 57.8 Å². The smallest absolute Gasteiger partial charge is 0.548 e. The van der Waals surface area contributed by atoms with Crippen molar-refractivity contribution in [3.8, 4) is 0 Å². The second kappa shape index (κ2) is 17.1. The van der Waals surface area contributed by atoms with Crippen molar-refractivity contribution in [2.24, 2.45) is 0 Å². The quantitative estimate of drug-likeness (QED) is 0.373. The number of carbonyl (C=O) groups excluding carboxylic acids is 1. The van der Waals surface area contributed by atoms with Crippen molar-refractivity contribution in [3.63, 3.8) is 0 Å². The van der Waals surface area contributed by atoms with Crippen LogP contribution in [-0.4, -0.2) is 18.6 Å². The Bertz CT molecular complexity index is 201. The fraction of sp³-hybridized carbons (Fsp3) is 0.933. The molecule has 0 saturated heterocycles. The Balaban J connectivity index is 0. The fourth-order valence-corrected chi connectivity index (χ4v) is 2.01. The van der Waals surface area contributed by atoms with E-state index in [1.54, 1.807) is 6.92 Å². The van der Waals surface area contributed by atoms with Gasteiger partial charge in [-0.1, -0.05) is 64.7 Å². The Morgan fingerprint density at radius 1 is 0.947 bits per heavy atom. The first-order valence-corrected chi connectivity index (χ1v) is 7.62. The molecule has 0 rings (SSSR count). The monoisotopic (exact) mass is 295 g/mol. The molecule has 3 nitrogen and oxygen atoms in total. The van der Waals surface area contributed by atoms with Crippen molar-refractivity contribution in [2.45, 2.75) is 84.1 Å². The molecule has 0 bridgehead atoms. The number of carboxylic acid groups (broad SMARTS) is 1. The summed E-state index contributed by atoms with van der Waals surface area (Å²) >= 11 is 0. The predicted octanol–water partition coefficient (Wildman–Crippen LogP) is -0.361. The summed E-state index contributed by atoms with van der Waals surface area (Å²) in [5.74, 6) is -1.01. The number of nitrogens with one attached hydrogen (secondary N) is 1. The molecule has 1 atom stereocenters. The van der Waals surface area contributed by atoms with Gasteiger partial charge in [-0.25, -0.2) is 0 Å². The van der Waals surface area contributed by atoms with E-state index in [9.17, 15) is 9.90 Å². The Kier molecular flexibility index (Phi) is 20.1. The third-order valence-electron chi connectivity index (χ3n) is 3.33. The molecule has 0 spiro atoms. The summed E-state index contributed by atoms with van der Waals surface area (Å²) < 4.78 is 0. The van der Waals surface area contributed by atoms with Gasteiger partial charge in [-0.3, -0.25) is 0 Å². The van der Waals surface area contributed by atoms with Gasteiger partial charge in [0.25, 0.3) is 0 Å². The van der Waals surface area contributed by atoms with Gasteiger partial charge in [-0.05, 0) is 19.9 Å². The van der Waals surface area contributed by atoms with Gasteiger partial charge in [0.15, 0.2) is 0 Å². The third-order valence-corrected chi connectivity index (χ3v) is 3.33. The zero-order valence-corrected chi connectivity index (χ0v) is 16.3. The molecule has 108 valence electrons. The van der Waals surface area contributed by atoms with Gasteiger partial charge >= 0.3 is 51.4 Å². The minimum absolute atomic E-state index is 0. The van der Waals surface area contributed by atoms with E-state index in [1.807, 2.05) is 0 Å². The van der Waals surface area contributed by atoms with E-state index >= 15 is 0 Å². The summed E-state index contributed by atoms with van der Waals surface area (Å²) in [6.45, 7) is 4.66. The largest absolute Gasteiger partial charge is 1.00 e. The number of unbranched alkanes of at least 4 members (excludes halogenated alkanes) is 9. The van der Waals surface area contributed by atoms with Crippen molar-refractivity contribution < 1.29 is 61.3 Å². The van der Waals surface area contributed by atoms with Crippen LogP contribution in [0.2, 0.25) is 0 Å². The number of hydrogen-bond donors (Lipinski definition) is 1. The van der Waals surface area contributed by atoms with Crippen LogP contribution in [0, 0.1) is 0 Å². The van der Waals surface area contributed by atoms with E-state index in [4.69, 9.17) is 0 Å². The maximum atomic E-state index is 10.4. The van der Waals surface area contributed by atoms with Gasteiger partial charge < -0.3 is 15.2 Å². The van der Waals surface area contributed by atoms with Crippen molar-refractivity contribution in [3.05, 3.63) is 0 Å². The molecule has 0 aromatic heterocycles. The molecule has 19 heavy (non-hydrogen) atoms. The molecule has 0 radical (unpaired) electrons. The molecule has 0 amide bonds. The summed E-state index contributed by atoms with van der Waals surface area (Å²) in [7, 11) is 0.